The zero-order valence-corrected chi connectivity index (χ0v) is 10.1. The lowest BCUT2D eigenvalue weighted by atomic mass is 10.2. The first-order chi connectivity index (χ1) is 7.36. The van der Waals surface area contributed by atoms with Gasteiger partial charge in [0.15, 0.2) is 0 Å². The standard InChI is InChI=1S/C10H16N2O3S/c1-7-3-4-10(9(11)5-7)16(14,15)12-8(2)6-13/h3-5,8,12-13H,6,11H2,1-2H3/t8-/m0/s1. The van der Waals surface area contributed by atoms with Crippen molar-refractivity contribution in [2.24, 2.45) is 0 Å². The fraction of sp³-hybridized carbons (Fsp3) is 0.400. The number of nitrogens with one attached hydrogen (secondary N) is 1. The molecule has 0 aliphatic rings. The second-order valence-electron chi connectivity index (χ2n) is 3.75. The first kappa shape index (κ1) is 13.0. The van der Waals surface area contributed by atoms with Gasteiger partial charge < -0.3 is 10.8 Å². The Morgan fingerprint density at radius 2 is 2.12 bits per heavy atom. The van der Waals surface area contributed by atoms with E-state index in [-0.39, 0.29) is 17.2 Å². The molecule has 0 aromatic heterocycles. The largest absolute Gasteiger partial charge is 0.398 e. The average Bonchev–Trinajstić information content (AvgIpc) is 2.16. The third-order valence-electron chi connectivity index (χ3n) is 2.09. The van der Waals surface area contributed by atoms with Crippen molar-refractivity contribution in [1.29, 1.82) is 0 Å². The van der Waals surface area contributed by atoms with Crippen LogP contribution in [-0.2, 0) is 10.0 Å². The molecule has 0 fully saturated rings. The Balaban J connectivity index is 3.08. The number of nitrogen functional groups attached to an aromatic ring is 1. The summed E-state index contributed by atoms with van der Waals surface area (Å²) >= 11 is 0. The van der Waals surface area contributed by atoms with Crippen molar-refractivity contribution in [2.45, 2.75) is 24.8 Å². The molecule has 1 aromatic rings. The SMILES string of the molecule is Cc1ccc(S(=O)(=O)N[C@@H](C)CO)c(N)c1. The molecule has 0 spiro atoms. The third kappa shape index (κ3) is 2.94. The Kier molecular flexibility index (Phi) is 3.90. The number of sulfonamides is 1. The summed E-state index contributed by atoms with van der Waals surface area (Å²) in [6, 6.07) is 4.19. The summed E-state index contributed by atoms with van der Waals surface area (Å²) in [5.41, 5.74) is 6.74. The van der Waals surface area contributed by atoms with E-state index in [1.165, 1.54) is 6.07 Å². The maximum atomic E-state index is 11.8. The highest BCUT2D eigenvalue weighted by Gasteiger charge is 2.19. The summed E-state index contributed by atoms with van der Waals surface area (Å²) in [4.78, 5) is 0.0402. The van der Waals surface area contributed by atoms with Crippen LogP contribution in [0.4, 0.5) is 5.69 Å². The smallest absolute Gasteiger partial charge is 0.242 e. The molecular formula is C10H16N2O3S. The summed E-state index contributed by atoms with van der Waals surface area (Å²) in [7, 11) is -3.65. The van der Waals surface area contributed by atoms with E-state index in [1.807, 2.05) is 6.92 Å². The first-order valence-corrected chi connectivity index (χ1v) is 6.34. The van der Waals surface area contributed by atoms with Gasteiger partial charge in [0.25, 0.3) is 0 Å². The van der Waals surface area contributed by atoms with Gasteiger partial charge in [-0.2, -0.15) is 0 Å². The highest BCUT2D eigenvalue weighted by molar-refractivity contribution is 7.89. The molecule has 0 heterocycles. The lowest BCUT2D eigenvalue weighted by Crippen LogP contribution is -2.35. The van der Waals surface area contributed by atoms with Gasteiger partial charge in [-0.3, -0.25) is 0 Å². The Labute approximate surface area is 95.3 Å². The van der Waals surface area contributed by atoms with E-state index < -0.39 is 16.1 Å². The number of hydrogen-bond acceptors (Lipinski definition) is 4. The van der Waals surface area contributed by atoms with Crippen molar-refractivity contribution < 1.29 is 13.5 Å². The zero-order chi connectivity index (χ0) is 12.3. The van der Waals surface area contributed by atoms with E-state index in [9.17, 15) is 8.42 Å². The highest BCUT2D eigenvalue weighted by Crippen LogP contribution is 2.19. The van der Waals surface area contributed by atoms with Crippen LogP contribution in [0.5, 0.6) is 0 Å². The molecule has 1 rings (SSSR count). The number of nitrogens with two attached hydrogens (primary N) is 1. The van der Waals surface area contributed by atoms with Crippen LogP contribution in [0.2, 0.25) is 0 Å². The van der Waals surface area contributed by atoms with Crippen LogP contribution in [0.3, 0.4) is 0 Å². The molecule has 0 radical (unpaired) electrons. The Morgan fingerprint density at radius 3 is 2.62 bits per heavy atom. The van der Waals surface area contributed by atoms with Crippen molar-refractivity contribution in [3.8, 4) is 0 Å². The molecule has 0 saturated carbocycles. The number of aliphatic hydroxyl groups is 1. The lowest BCUT2D eigenvalue weighted by Gasteiger charge is -2.13. The second-order valence-corrected chi connectivity index (χ2v) is 5.43. The number of aliphatic hydroxyl groups excluding tert-OH is 1. The molecule has 0 unspecified atom stereocenters. The highest BCUT2D eigenvalue weighted by atomic mass is 32.2. The van der Waals surface area contributed by atoms with Crippen LogP contribution in [0, 0.1) is 6.92 Å². The van der Waals surface area contributed by atoms with E-state index in [4.69, 9.17) is 10.8 Å². The summed E-state index contributed by atoms with van der Waals surface area (Å²) in [6.45, 7) is 3.14. The van der Waals surface area contributed by atoms with Crippen molar-refractivity contribution in [1.82, 2.24) is 4.72 Å². The Morgan fingerprint density at radius 1 is 1.50 bits per heavy atom. The monoisotopic (exact) mass is 244 g/mol. The predicted molar refractivity (Wildman–Crippen MR) is 62.5 cm³/mol. The van der Waals surface area contributed by atoms with Crippen LogP contribution in [0.15, 0.2) is 23.1 Å². The quantitative estimate of drug-likeness (QED) is 0.661. The van der Waals surface area contributed by atoms with Gasteiger partial charge in [0.05, 0.1) is 12.3 Å². The number of hydrogen-bond donors (Lipinski definition) is 3. The average molecular weight is 244 g/mol. The summed E-state index contributed by atoms with van der Waals surface area (Å²) in [5, 5.41) is 8.80. The van der Waals surface area contributed by atoms with Gasteiger partial charge >= 0.3 is 0 Å². The second kappa shape index (κ2) is 4.82. The fourth-order valence-electron chi connectivity index (χ4n) is 1.28. The van der Waals surface area contributed by atoms with E-state index in [0.29, 0.717) is 0 Å². The summed E-state index contributed by atoms with van der Waals surface area (Å²) < 4.78 is 26.0. The summed E-state index contributed by atoms with van der Waals surface area (Å²) in [5.74, 6) is 0. The minimum absolute atomic E-state index is 0.0402. The summed E-state index contributed by atoms with van der Waals surface area (Å²) in [6.07, 6.45) is 0. The maximum Gasteiger partial charge on any atom is 0.242 e. The lowest BCUT2D eigenvalue weighted by molar-refractivity contribution is 0.265. The Hall–Kier alpha value is -1.11. The van der Waals surface area contributed by atoms with Crippen molar-refractivity contribution in [3.63, 3.8) is 0 Å². The minimum atomic E-state index is -3.65. The van der Waals surface area contributed by atoms with Gasteiger partial charge in [-0.25, -0.2) is 13.1 Å². The van der Waals surface area contributed by atoms with E-state index in [1.54, 1.807) is 19.1 Å². The third-order valence-corrected chi connectivity index (χ3v) is 3.75. The van der Waals surface area contributed by atoms with Gasteiger partial charge in [0.1, 0.15) is 4.90 Å². The van der Waals surface area contributed by atoms with Crippen molar-refractivity contribution in [2.75, 3.05) is 12.3 Å². The van der Waals surface area contributed by atoms with E-state index in [0.717, 1.165) is 5.56 Å². The predicted octanol–water partition coefficient (Wildman–Crippen LogP) is 0.236. The van der Waals surface area contributed by atoms with Gasteiger partial charge in [0.2, 0.25) is 10.0 Å². The number of rotatable bonds is 4. The van der Waals surface area contributed by atoms with Gasteiger partial charge in [-0.15, -0.1) is 0 Å². The topological polar surface area (TPSA) is 92.4 Å². The molecule has 6 heteroatoms. The van der Waals surface area contributed by atoms with Crippen LogP contribution < -0.4 is 10.5 Å². The van der Waals surface area contributed by atoms with Crippen molar-refractivity contribution in [3.05, 3.63) is 23.8 Å². The molecule has 90 valence electrons. The van der Waals surface area contributed by atoms with Gasteiger partial charge in [-0.05, 0) is 31.5 Å². The molecule has 5 nitrogen and oxygen atoms in total. The first-order valence-electron chi connectivity index (χ1n) is 4.86. The molecule has 0 aliphatic heterocycles. The van der Waals surface area contributed by atoms with Crippen molar-refractivity contribution >= 4 is 15.7 Å². The fourth-order valence-corrected chi connectivity index (χ4v) is 2.63. The van der Waals surface area contributed by atoms with Crippen LogP contribution in [0.1, 0.15) is 12.5 Å². The number of anilines is 1. The molecule has 0 saturated heterocycles. The molecule has 16 heavy (non-hydrogen) atoms. The molecule has 0 aliphatic carbocycles. The molecule has 1 atom stereocenters. The molecule has 0 bridgehead atoms. The Bertz CT molecular complexity index is 471. The number of benzene rings is 1. The zero-order valence-electron chi connectivity index (χ0n) is 9.27. The molecular weight excluding hydrogens is 228 g/mol. The maximum absolute atomic E-state index is 11.8. The minimum Gasteiger partial charge on any atom is -0.398 e. The normalized spacial score (nSPS) is 13.7. The van der Waals surface area contributed by atoms with E-state index in [2.05, 4.69) is 4.72 Å². The molecule has 1 aromatic carbocycles. The van der Waals surface area contributed by atoms with Gasteiger partial charge in [0, 0.05) is 6.04 Å². The molecule has 4 N–H and O–H groups in total. The van der Waals surface area contributed by atoms with Crippen LogP contribution in [-0.4, -0.2) is 26.2 Å². The van der Waals surface area contributed by atoms with Crippen LogP contribution >= 0.6 is 0 Å². The van der Waals surface area contributed by atoms with Gasteiger partial charge in [-0.1, -0.05) is 6.07 Å². The van der Waals surface area contributed by atoms with E-state index >= 15 is 0 Å². The number of aryl methyl sites for hydroxylation is 1. The molecule has 0 amide bonds. The van der Waals surface area contributed by atoms with Crippen LogP contribution in [0.25, 0.3) is 0 Å².